The molecule has 1 aromatic heterocycles. The Morgan fingerprint density at radius 1 is 0.972 bits per heavy atom. The van der Waals surface area contributed by atoms with Crippen LogP contribution >= 0.6 is 0 Å². The van der Waals surface area contributed by atoms with Gasteiger partial charge in [-0.1, -0.05) is 60.7 Å². The molecule has 36 heavy (non-hydrogen) atoms. The highest BCUT2D eigenvalue weighted by atomic mass is 16.5. The SMILES string of the molecule is O=C(NCc1ccnc(N2CCOCC2)c1)C1CCC(=O)N(Cc2ccccc2)C1c1ccccc1. The van der Waals surface area contributed by atoms with Crippen molar-refractivity contribution in [3.8, 4) is 0 Å². The van der Waals surface area contributed by atoms with Crippen LogP contribution in [0.2, 0.25) is 0 Å². The summed E-state index contributed by atoms with van der Waals surface area (Å²) in [6.07, 6.45) is 2.69. The summed E-state index contributed by atoms with van der Waals surface area (Å²) in [5.41, 5.74) is 3.05. The molecule has 2 aromatic carbocycles. The van der Waals surface area contributed by atoms with Gasteiger partial charge in [0, 0.05) is 38.8 Å². The number of amides is 2. The van der Waals surface area contributed by atoms with Gasteiger partial charge in [0.05, 0.1) is 25.2 Å². The molecule has 0 radical (unpaired) electrons. The van der Waals surface area contributed by atoms with Crippen LogP contribution in [0.15, 0.2) is 79.0 Å². The first-order chi connectivity index (χ1) is 17.7. The fourth-order valence-corrected chi connectivity index (χ4v) is 5.11. The Morgan fingerprint density at radius 2 is 1.69 bits per heavy atom. The number of hydrogen-bond donors (Lipinski definition) is 1. The zero-order valence-electron chi connectivity index (χ0n) is 20.4. The molecule has 3 heterocycles. The third-order valence-electron chi connectivity index (χ3n) is 6.99. The average Bonchev–Trinajstić information content (AvgIpc) is 2.94. The van der Waals surface area contributed by atoms with E-state index in [1.807, 2.05) is 77.7 Å². The van der Waals surface area contributed by atoms with E-state index in [1.165, 1.54) is 0 Å². The van der Waals surface area contributed by atoms with E-state index in [-0.39, 0.29) is 23.8 Å². The van der Waals surface area contributed by atoms with Crippen molar-refractivity contribution in [2.75, 3.05) is 31.2 Å². The Hall–Kier alpha value is -3.71. The summed E-state index contributed by atoms with van der Waals surface area (Å²) in [6, 6.07) is 23.5. The molecular weight excluding hydrogens is 452 g/mol. The number of anilines is 1. The van der Waals surface area contributed by atoms with Crippen molar-refractivity contribution in [2.24, 2.45) is 5.92 Å². The molecule has 2 saturated heterocycles. The fraction of sp³-hybridized carbons (Fsp3) is 0.345. The molecule has 1 N–H and O–H groups in total. The molecule has 2 fully saturated rings. The fourth-order valence-electron chi connectivity index (χ4n) is 5.11. The zero-order chi connectivity index (χ0) is 24.7. The molecule has 7 nitrogen and oxygen atoms in total. The van der Waals surface area contributed by atoms with Gasteiger partial charge in [0.2, 0.25) is 11.8 Å². The number of ether oxygens (including phenoxy) is 1. The van der Waals surface area contributed by atoms with Gasteiger partial charge in [-0.3, -0.25) is 9.59 Å². The number of nitrogens with one attached hydrogen (secondary N) is 1. The molecule has 0 bridgehead atoms. The smallest absolute Gasteiger partial charge is 0.225 e. The maximum atomic E-state index is 13.6. The highest BCUT2D eigenvalue weighted by Gasteiger charge is 2.40. The Morgan fingerprint density at radius 3 is 2.44 bits per heavy atom. The first-order valence-electron chi connectivity index (χ1n) is 12.6. The lowest BCUT2D eigenvalue weighted by Gasteiger charge is -2.41. The number of carbonyl (C=O) groups is 2. The van der Waals surface area contributed by atoms with E-state index in [4.69, 9.17) is 4.74 Å². The monoisotopic (exact) mass is 484 g/mol. The Labute approximate surface area is 212 Å². The number of carbonyl (C=O) groups excluding carboxylic acids is 2. The van der Waals surface area contributed by atoms with Crippen LogP contribution in [0, 0.1) is 5.92 Å². The van der Waals surface area contributed by atoms with Gasteiger partial charge in [-0.2, -0.15) is 0 Å². The molecule has 0 aliphatic carbocycles. The van der Waals surface area contributed by atoms with Crippen molar-refractivity contribution in [2.45, 2.75) is 32.0 Å². The van der Waals surface area contributed by atoms with Crippen molar-refractivity contribution in [3.63, 3.8) is 0 Å². The molecule has 2 aliphatic rings. The molecule has 2 amide bonds. The first kappa shape index (κ1) is 24.0. The van der Waals surface area contributed by atoms with Crippen LogP contribution in [0.5, 0.6) is 0 Å². The van der Waals surface area contributed by atoms with E-state index in [1.54, 1.807) is 6.20 Å². The van der Waals surface area contributed by atoms with Gasteiger partial charge >= 0.3 is 0 Å². The predicted molar refractivity (Wildman–Crippen MR) is 138 cm³/mol. The number of nitrogens with zero attached hydrogens (tertiary/aromatic N) is 3. The van der Waals surface area contributed by atoms with Crippen LogP contribution in [-0.2, 0) is 27.4 Å². The minimum atomic E-state index is -0.325. The molecule has 5 rings (SSSR count). The average molecular weight is 485 g/mol. The second-order valence-electron chi connectivity index (χ2n) is 9.35. The molecule has 7 heteroatoms. The maximum absolute atomic E-state index is 13.6. The number of piperidine rings is 1. The summed E-state index contributed by atoms with van der Waals surface area (Å²) < 4.78 is 5.44. The minimum absolute atomic E-state index is 0.0286. The zero-order valence-corrected chi connectivity index (χ0v) is 20.4. The van der Waals surface area contributed by atoms with Gasteiger partial charge in [-0.25, -0.2) is 4.98 Å². The molecule has 3 aromatic rings. The van der Waals surface area contributed by atoms with E-state index < -0.39 is 0 Å². The van der Waals surface area contributed by atoms with Crippen LogP contribution in [0.25, 0.3) is 0 Å². The summed E-state index contributed by atoms with van der Waals surface area (Å²) in [6.45, 7) is 3.93. The Balaban J connectivity index is 1.33. The molecule has 2 unspecified atom stereocenters. The topological polar surface area (TPSA) is 74.8 Å². The number of benzene rings is 2. The minimum Gasteiger partial charge on any atom is -0.378 e. The van der Waals surface area contributed by atoms with Gasteiger partial charge < -0.3 is 19.9 Å². The highest BCUT2D eigenvalue weighted by Crippen LogP contribution is 2.38. The number of likely N-dealkylation sites (tertiary alicyclic amines) is 1. The van der Waals surface area contributed by atoms with Crippen molar-refractivity contribution >= 4 is 17.6 Å². The third-order valence-corrected chi connectivity index (χ3v) is 6.99. The predicted octanol–water partition coefficient (Wildman–Crippen LogP) is 3.71. The molecule has 0 saturated carbocycles. The lowest BCUT2D eigenvalue weighted by Crippen LogP contribution is -2.47. The van der Waals surface area contributed by atoms with Crippen LogP contribution in [0.3, 0.4) is 0 Å². The second kappa shape index (κ2) is 11.4. The normalized spacial score (nSPS) is 20.3. The first-order valence-corrected chi connectivity index (χ1v) is 12.6. The van der Waals surface area contributed by atoms with Crippen molar-refractivity contribution < 1.29 is 14.3 Å². The van der Waals surface area contributed by atoms with Crippen molar-refractivity contribution in [1.29, 1.82) is 0 Å². The van der Waals surface area contributed by atoms with Crippen LogP contribution in [0.1, 0.15) is 35.6 Å². The second-order valence-corrected chi connectivity index (χ2v) is 9.35. The van der Waals surface area contributed by atoms with Crippen LogP contribution < -0.4 is 10.2 Å². The maximum Gasteiger partial charge on any atom is 0.225 e. The van der Waals surface area contributed by atoms with E-state index in [2.05, 4.69) is 15.2 Å². The molecule has 186 valence electrons. The van der Waals surface area contributed by atoms with Crippen molar-refractivity contribution in [1.82, 2.24) is 15.2 Å². The number of aromatic nitrogens is 1. The largest absolute Gasteiger partial charge is 0.378 e. The summed E-state index contributed by atoms with van der Waals surface area (Å²) in [5, 5.41) is 3.15. The van der Waals surface area contributed by atoms with Gasteiger partial charge in [0.1, 0.15) is 5.82 Å². The van der Waals surface area contributed by atoms with Gasteiger partial charge in [0.25, 0.3) is 0 Å². The standard InChI is InChI=1S/C29H32N4O3/c34-27-12-11-25(28(24-9-5-2-6-10-24)33(27)21-22-7-3-1-4-8-22)29(35)31-20-23-13-14-30-26(19-23)32-15-17-36-18-16-32/h1-10,13-14,19,25,28H,11-12,15-18,20-21H2,(H,31,35). The quantitative estimate of drug-likeness (QED) is 0.553. The van der Waals surface area contributed by atoms with Crippen molar-refractivity contribution in [3.05, 3.63) is 95.7 Å². The highest BCUT2D eigenvalue weighted by molar-refractivity contribution is 5.85. The summed E-state index contributed by atoms with van der Waals surface area (Å²) in [5.74, 6) is 0.638. The van der Waals surface area contributed by atoms with Gasteiger partial charge in [-0.15, -0.1) is 0 Å². The van der Waals surface area contributed by atoms with E-state index >= 15 is 0 Å². The van der Waals surface area contributed by atoms with E-state index in [0.29, 0.717) is 39.1 Å². The third kappa shape index (κ3) is 5.57. The van der Waals surface area contributed by atoms with Gasteiger partial charge in [-0.05, 0) is 35.2 Å². The summed E-state index contributed by atoms with van der Waals surface area (Å²) in [7, 11) is 0. The van der Waals surface area contributed by atoms with Gasteiger partial charge in [0.15, 0.2) is 0 Å². The molecular formula is C29H32N4O3. The van der Waals surface area contributed by atoms with E-state index in [9.17, 15) is 9.59 Å². The molecule has 2 atom stereocenters. The number of morpholine rings is 1. The Kier molecular flexibility index (Phi) is 7.57. The lowest BCUT2D eigenvalue weighted by molar-refractivity contribution is -0.144. The summed E-state index contributed by atoms with van der Waals surface area (Å²) in [4.78, 5) is 35.2. The molecule has 2 aliphatic heterocycles. The molecule has 0 spiro atoms. The Bertz CT molecular complexity index is 1170. The number of hydrogen-bond acceptors (Lipinski definition) is 5. The lowest BCUT2D eigenvalue weighted by atomic mass is 9.83. The van der Waals surface area contributed by atoms with Crippen LogP contribution in [-0.4, -0.2) is 48.0 Å². The summed E-state index contributed by atoms with van der Waals surface area (Å²) >= 11 is 0. The number of pyridine rings is 1. The van der Waals surface area contributed by atoms with E-state index in [0.717, 1.165) is 35.6 Å². The van der Waals surface area contributed by atoms with Crippen LogP contribution in [0.4, 0.5) is 5.82 Å². The number of rotatable bonds is 7.